The van der Waals surface area contributed by atoms with Crippen molar-refractivity contribution in [2.45, 2.75) is 39.2 Å². The van der Waals surface area contributed by atoms with Crippen LogP contribution >= 0.6 is 0 Å². The lowest BCUT2D eigenvalue weighted by molar-refractivity contribution is -0.137. The summed E-state index contributed by atoms with van der Waals surface area (Å²) in [7, 11) is 4.08. The molecule has 4 heterocycles. The van der Waals surface area contributed by atoms with Crippen LogP contribution in [-0.4, -0.2) is 80.7 Å². The summed E-state index contributed by atoms with van der Waals surface area (Å²) in [6.07, 6.45) is 0.459. The van der Waals surface area contributed by atoms with Gasteiger partial charge in [0.25, 0.3) is 0 Å². The van der Waals surface area contributed by atoms with Gasteiger partial charge in [0.15, 0.2) is 5.82 Å². The number of pyridine rings is 1. The number of likely N-dealkylation sites (N-methyl/N-ethyl adjacent to an activating group) is 1. The van der Waals surface area contributed by atoms with E-state index in [1.165, 1.54) is 6.07 Å². The van der Waals surface area contributed by atoms with Gasteiger partial charge in [-0.1, -0.05) is 0 Å². The number of aryl methyl sites for hydroxylation is 1. The van der Waals surface area contributed by atoms with Gasteiger partial charge in [0.1, 0.15) is 5.82 Å². The third-order valence-corrected chi connectivity index (χ3v) is 6.00. The second-order valence-electron chi connectivity index (χ2n) is 9.14. The first-order chi connectivity index (χ1) is 16.1. The first-order valence-electron chi connectivity index (χ1n) is 11.4. The molecule has 184 valence electrons. The van der Waals surface area contributed by atoms with Gasteiger partial charge in [0.05, 0.1) is 24.0 Å². The highest BCUT2D eigenvalue weighted by Gasteiger charge is 2.31. The van der Waals surface area contributed by atoms with Crippen LogP contribution in [-0.2, 0) is 19.3 Å². The molecule has 0 aromatic carbocycles. The van der Waals surface area contributed by atoms with Crippen LogP contribution in [0.4, 0.5) is 19.0 Å². The highest BCUT2D eigenvalue weighted by molar-refractivity contribution is 5.41. The molecule has 4 rings (SSSR count). The summed E-state index contributed by atoms with van der Waals surface area (Å²) in [5, 5.41) is 9.16. The van der Waals surface area contributed by atoms with Crippen molar-refractivity contribution in [1.29, 1.82) is 0 Å². The first-order valence-corrected chi connectivity index (χ1v) is 11.4. The van der Waals surface area contributed by atoms with E-state index < -0.39 is 11.7 Å². The van der Waals surface area contributed by atoms with E-state index in [4.69, 9.17) is 0 Å². The fourth-order valence-electron chi connectivity index (χ4n) is 4.24. The van der Waals surface area contributed by atoms with Gasteiger partial charge >= 0.3 is 6.18 Å². The van der Waals surface area contributed by atoms with Crippen molar-refractivity contribution in [1.82, 2.24) is 34.3 Å². The summed E-state index contributed by atoms with van der Waals surface area (Å²) >= 11 is 0. The number of aromatic nitrogens is 5. The molecule has 0 amide bonds. The molecule has 3 aromatic rings. The van der Waals surface area contributed by atoms with Crippen LogP contribution in [0.25, 0.3) is 5.82 Å². The molecule has 0 aliphatic carbocycles. The molecule has 1 saturated heterocycles. The van der Waals surface area contributed by atoms with Crippen LogP contribution in [0, 0.1) is 6.92 Å². The zero-order chi connectivity index (χ0) is 24.5. The van der Waals surface area contributed by atoms with E-state index >= 15 is 0 Å². The summed E-state index contributed by atoms with van der Waals surface area (Å²) in [4.78, 5) is 10.6. The summed E-state index contributed by atoms with van der Waals surface area (Å²) in [6, 6.07) is 4.72. The number of alkyl halides is 3. The van der Waals surface area contributed by atoms with E-state index in [1.54, 1.807) is 0 Å². The predicted octanol–water partition coefficient (Wildman–Crippen LogP) is 3.06. The Kier molecular flexibility index (Phi) is 6.94. The van der Waals surface area contributed by atoms with Crippen molar-refractivity contribution in [2.24, 2.45) is 0 Å². The maximum atomic E-state index is 12.8. The number of rotatable bonds is 7. The molecule has 1 aliphatic heterocycles. The maximum absolute atomic E-state index is 12.8. The molecular formula is C23H31F3N8. The van der Waals surface area contributed by atoms with E-state index in [9.17, 15) is 13.2 Å². The van der Waals surface area contributed by atoms with Crippen LogP contribution < -0.4 is 4.90 Å². The molecule has 0 unspecified atom stereocenters. The van der Waals surface area contributed by atoms with Gasteiger partial charge in [0.2, 0.25) is 0 Å². The molecule has 1 aliphatic rings. The minimum absolute atomic E-state index is 0.128. The van der Waals surface area contributed by atoms with Gasteiger partial charge < -0.3 is 9.80 Å². The summed E-state index contributed by atoms with van der Waals surface area (Å²) in [5.41, 5.74) is 1.33. The Morgan fingerprint density at radius 3 is 2.59 bits per heavy atom. The average molecular weight is 477 g/mol. The maximum Gasteiger partial charge on any atom is 0.417 e. The standard InChI is InChI=1S/C23H31F3N8/c1-17-11-22(33(29-17)10-7-30(3)4)34-16-19(12-28-34)15-31-8-9-32(18(2)14-31)21-6-5-20(13-27-21)23(24,25)26/h5-6,11-13,16,18H,7-10,14-15H2,1-4H3/t18-/m1/s1. The zero-order valence-corrected chi connectivity index (χ0v) is 20.0. The highest BCUT2D eigenvalue weighted by Crippen LogP contribution is 2.30. The topological polar surface area (TPSA) is 58.2 Å². The first kappa shape index (κ1) is 24.2. The Labute approximate surface area is 197 Å². The molecule has 0 spiro atoms. The highest BCUT2D eigenvalue weighted by atomic mass is 19.4. The van der Waals surface area contributed by atoms with Gasteiger partial charge in [0, 0.05) is 62.8 Å². The minimum atomic E-state index is -4.37. The molecule has 34 heavy (non-hydrogen) atoms. The van der Waals surface area contributed by atoms with Crippen LogP contribution in [0.5, 0.6) is 0 Å². The second kappa shape index (κ2) is 9.75. The number of nitrogens with zero attached hydrogens (tertiary/aromatic N) is 8. The number of hydrogen-bond acceptors (Lipinski definition) is 6. The van der Waals surface area contributed by atoms with Gasteiger partial charge in [-0.3, -0.25) is 4.90 Å². The predicted molar refractivity (Wildman–Crippen MR) is 124 cm³/mol. The van der Waals surface area contributed by atoms with E-state index in [1.807, 2.05) is 48.8 Å². The molecule has 1 atom stereocenters. The molecule has 8 nitrogen and oxygen atoms in total. The van der Waals surface area contributed by atoms with Crippen LogP contribution in [0.15, 0.2) is 36.8 Å². The largest absolute Gasteiger partial charge is 0.417 e. The molecule has 1 fully saturated rings. The third-order valence-electron chi connectivity index (χ3n) is 6.00. The molecular weight excluding hydrogens is 445 g/mol. The number of hydrogen-bond donors (Lipinski definition) is 0. The molecule has 0 N–H and O–H groups in total. The van der Waals surface area contributed by atoms with Gasteiger partial charge in [-0.05, 0) is 40.1 Å². The van der Waals surface area contributed by atoms with Crippen molar-refractivity contribution >= 4 is 5.82 Å². The summed E-state index contributed by atoms with van der Waals surface area (Å²) in [5.74, 6) is 1.52. The van der Waals surface area contributed by atoms with Crippen LogP contribution in [0.3, 0.4) is 0 Å². The zero-order valence-electron chi connectivity index (χ0n) is 20.0. The Morgan fingerprint density at radius 2 is 1.94 bits per heavy atom. The molecule has 0 saturated carbocycles. The number of anilines is 1. The number of piperazine rings is 1. The van der Waals surface area contributed by atoms with E-state index in [0.717, 1.165) is 62.1 Å². The second-order valence-corrected chi connectivity index (χ2v) is 9.14. The third kappa shape index (κ3) is 5.58. The smallest absolute Gasteiger partial charge is 0.351 e. The lowest BCUT2D eigenvalue weighted by Gasteiger charge is -2.40. The van der Waals surface area contributed by atoms with E-state index in [-0.39, 0.29) is 6.04 Å². The monoisotopic (exact) mass is 476 g/mol. The normalized spacial score (nSPS) is 17.6. The Hall–Kier alpha value is -2.92. The van der Waals surface area contributed by atoms with E-state index in [0.29, 0.717) is 12.4 Å². The minimum Gasteiger partial charge on any atom is -0.351 e. The summed E-state index contributed by atoms with van der Waals surface area (Å²) < 4.78 is 42.3. The van der Waals surface area contributed by atoms with Crippen molar-refractivity contribution in [2.75, 3.05) is 45.2 Å². The summed E-state index contributed by atoms with van der Waals surface area (Å²) in [6.45, 7) is 8.74. The van der Waals surface area contributed by atoms with E-state index in [2.05, 4.69) is 36.8 Å². The number of halogens is 3. The SMILES string of the molecule is Cc1cc(-n2cc(CN3CCN(c4ccc(C(F)(F)F)cn4)[C@H](C)C3)cn2)n(CCN(C)C)n1. The van der Waals surface area contributed by atoms with Gasteiger partial charge in [-0.2, -0.15) is 23.4 Å². The van der Waals surface area contributed by atoms with Gasteiger partial charge in [-0.15, -0.1) is 0 Å². The lowest BCUT2D eigenvalue weighted by Crippen LogP contribution is -2.51. The van der Waals surface area contributed by atoms with Crippen molar-refractivity contribution in [3.63, 3.8) is 0 Å². The van der Waals surface area contributed by atoms with Crippen LogP contribution in [0.1, 0.15) is 23.7 Å². The Balaban J connectivity index is 1.38. The fraction of sp³-hybridized carbons (Fsp3) is 0.522. The van der Waals surface area contributed by atoms with Crippen molar-refractivity contribution in [3.8, 4) is 5.82 Å². The lowest BCUT2D eigenvalue weighted by atomic mass is 10.1. The van der Waals surface area contributed by atoms with Crippen LogP contribution in [0.2, 0.25) is 0 Å². The van der Waals surface area contributed by atoms with Crippen molar-refractivity contribution in [3.05, 3.63) is 53.6 Å². The Bertz CT molecular complexity index is 1090. The molecule has 3 aromatic heterocycles. The molecule has 0 radical (unpaired) electrons. The average Bonchev–Trinajstić information content (AvgIpc) is 3.38. The Morgan fingerprint density at radius 1 is 1.15 bits per heavy atom. The fourth-order valence-corrected chi connectivity index (χ4v) is 4.24. The molecule has 0 bridgehead atoms. The quantitative estimate of drug-likeness (QED) is 0.523. The van der Waals surface area contributed by atoms with Crippen molar-refractivity contribution < 1.29 is 13.2 Å². The van der Waals surface area contributed by atoms with Gasteiger partial charge in [-0.25, -0.2) is 14.3 Å². The molecule has 11 heteroatoms.